The molecule has 4 heterocycles. The number of aliphatic imine (C=N–C) groups is 1. The zero-order valence-electron chi connectivity index (χ0n) is 13.1. The molecule has 0 N–H and O–H groups in total. The molecule has 0 saturated heterocycles. The molecule has 0 fully saturated rings. The number of pyridine rings is 2. The van der Waals surface area contributed by atoms with E-state index < -0.39 is 0 Å². The minimum atomic E-state index is 0.814. The molecule has 0 unspecified atom stereocenters. The summed E-state index contributed by atoms with van der Waals surface area (Å²) in [6.07, 6.45) is 6.13. The number of aromatic nitrogens is 2. The first-order valence-electron chi connectivity index (χ1n) is 8.15. The predicted molar refractivity (Wildman–Crippen MR) is 96.4 cm³/mol. The first kappa shape index (κ1) is 12.9. The second-order valence-electron chi connectivity index (χ2n) is 6.27. The molecule has 2 aliphatic heterocycles. The van der Waals surface area contributed by atoms with Crippen LogP contribution in [0.5, 0.6) is 0 Å². The summed E-state index contributed by atoms with van der Waals surface area (Å²) in [6, 6.07) is 12.3. The number of fused-ring (bicyclic) bond motifs is 8. The van der Waals surface area contributed by atoms with Gasteiger partial charge < -0.3 is 0 Å². The third-order valence-corrected chi connectivity index (χ3v) is 4.86. The van der Waals surface area contributed by atoms with E-state index in [0.29, 0.717) is 0 Å². The van der Waals surface area contributed by atoms with Gasteiger partial charge in [0.05, 0.1) is 22.2 Å². The highest BCUT2D eigenvalue weighted by Crippen LogP contribution is 2.32. The molecule has 2 aromatic carbocycles. The molecule has 5 heteroatoms. The molecule has 25 heavy (non-hydrogen) atoms. The monoisotopic (exact) mass is 321 g/mol. The molecular weight excluding hydrogens is 310 g/mol. The van der Waals surface area contributed by atoms with E-state index in [1.165, 1.54) is 5.56 Å². The fraction of sp³-hybridized carbons (Fsp3) is 0.0500. The van der Waals surface area contributed by atoms with E-state index in [4.69, 9.17) is 4.99 Å². The van der Waals surface area contributed by atoms with Crippen molar-refractivity contribution in [3.8, 4) is 0 Å². The molecule has 2 aliphatic rings. The molecule has 2 aromatic heterocycles. The summed E-state index contributed by atoms with van der Waals surface area (Å²) in [4.78, 5) is 22.8. The average molecular weight is 321 g/mol. The summed E-state index contributed by atoms with van der Waals surface area (Å²) in [7, 11) is 0. The lowest BCUT2D eigenvalue weighted by molar-refractivity contribution is 1.07. The van der Waals surface area contributed by atoms with E-state index >= 15 is 0 Å². The molecule has 5 nitrogen and oxygen atoms in total. The molecule has 0 aliphatic carbocycles. The van der Waals surface area contributed by atoms with Crippen LogP contribution in [0, 0.1) is 0 Å². The normalized spacial score (nSPS) is 13.9. The van der Waals surface area contributed by atoms with Crippen molar-refractivity contribution >= 4 is 39.5 Å². The third kappa shape index (κ3) is 1.69. The van der Waals surface area contributed by atoms with Crippen molar-refractivity contribution in [1.82, 2.24) is 9.97 Å². The van der Waals surface area contributed by atoms with Gasteiger partial charge in [0.2, 0.25) is 0 Å². The van der Waals surface area contributed by atoms with Crippen molar-refractivity contribution in [2.45, 2.75) is 6.42 Å². The molecule has 4 aromatic rings. The molecule has 0 bridgehead atoms. The standard InChI is InChI=1S/C20H11N5/c1-2-11-3-4-12-8-13-9-22-19-14(5-6-15-20(19)24-10-23-15)16(13)25-18(12)17(11)21-7-1/h1-7,9-10H,8H2. The van der Waals surface area contributed by atoms with Crippen molar-refractivity contribution in [3.63, 3.8) is 0 Å². The summed E-state index contributed by atoms with van der Waals surface area (Å²) in [5.41, 5.74) is 5.96. The van der Waals surface area contributed by atoms with E-state index in [2.05, 4.69) is 38.2 Å². The van der Waals surface area contributed by atoms with Crippen LogP contribution >= 0.6 is 0 Å². The Balaban J connectivity index is 1.78. The van der Waals surface area contributed by atoms with Crippen LogP contribution in [0.3, 0.4) is 0 Å². The summed E-state index contributed by atoms with van der Waals surface area (Å²) in [5.74, 6) is 0. The zero-order valence-corrected chi connectivity index (χ0v) is 13.1. The van der Waals surface area contributed by atoms with Gasteiger partial charge in [-0.3, -0.25) is 9.97 Å². The maximum absolute atomic E-state index is 5.01. The average Bonchev–Trinajstić information content (AvgIpc) is 3.15. The maximum atomic E-state index is 5.01. The van der Waals surface area contributed by atoms with Crippen molar-refractivity contribution in [2.75, 3.05) is 0 Å². The Hall–Kier alpha value is -3.47. The summed E-state index contributed by atoms with van der Waals surface area (Å²) in [6.45, 7) is 0. The van der Waals surface area contributed by atoms with Crippen molar-refractivity contribution in [2.24, 2.45) is 15.0 Å². The van der Waals surface area contributed by atoms with Gasteiger partial charge in [0.1, 0.15) is 17.2 Å². The molecule has 0 spiro atoms. The van der Waals surface area contributed by atoms with Gasteiger partial charge in [-0.1, -0.05) is 18.2 Å². The quantitative estimate of drug-likeness (QED) is 0.440. The second-order valence-corrected chi connectivity index (χ2v) is 6.27. The van der Waals surface area contributed by atoms with Gasteiger partial charge in [-0.05, 0) is 23.8 Å². The van der Waals surface area contributed by atoms with Gasteiger partial charge in [0, 0.05) is 35.2 Å². The van der Waals surface area contributed by atoms with E-state index in [9.17, 15) is 0 Å². The number of rotatable bonds is 0. The maximum Gasteiger partial charge on any atom is 0.117 e. The highest BCUT2D eigenvalue weighted by atomic mass is 14.9. The number of hydrogen-bond acceptors (Lipinski definition) is 5. The van der Waals surface area contributed by atoms with Crippen LogP contribution in [-0.4, -0.2) is 16.3 Å². The Kier molecular flexibility index (Phi) is 2.34. The summed E-state index contributed by atoms with van der Waals surface area (Å²) in [5, 5.41) is 3.93. The van der Waals surface area contributed by atoms with E-state index in [-0.39, 0.29) is 0 Å². The first-order chi connectivity index (χ1) is 12.4. The van der Waals surface area contributed by atoms with E-state index in [0.717, 1.165) is 55.9 Å². The highest BCUT2D eigenvalue weighted by Gasteiger charge is 2.17. The minimum Gasteiger partial charge on any atom is -0.254 e. The van der Waals surface area contributed by atoms with Gasteiger partial charge >= 0.3 is 0 Å². The fourth-order valence-electron chi connectivity index (χ4n) is 3.66. The van der Waals surface area contributed by atoms with E-state index in [1.807, 2.05) is 30.6 Å². The molecule has 6 rings (SSSR count). The fourth-order valence-corrected chi connectivity index (χ4v) is 3.66. The summed E-state index contributed by atoms with van der Waals surface area (Å²) < 4.78 is 0. The topological polar surface area (TPSA) is 62.9 Å². The van der Waals surface area contributed by atoms with Gasteiger partial charge in [0.15, 0.2) is 0 Å². The number of nitrogens with zero attached hydrogens (tertiary/aromatic N) is 5. The Morgan fingerprint density at radius 2 is 1.84 bits per heavy atom. The Morgan fingerprint density at radius 3 is 2.84 bits per heavy atom. The number of benzene rings is 2. The van der Waals surface area contributed by atoms with Crippen LogP contribution in [0.15, 0.2) is 63.8 Å². The zero-order chi connectivity index (χ0) is 16.4. The van der Waals surface area contributed by atoms with Gasteiger partial charge in [-0.15, -0.1) is 0 Å². The first-order valence-corrected chi connectivity index (χ1v) is 8.15. The van der Waals surface area contributed by atoms with Crippen LogP contribution in [0.1, 0.15) is 11.1 Å². The molecular formula is C20H11N5. The Labute approximate surface area is 142 Å². The lowest BCUT2D eigenvalue weighted by Crippen LogP contribution is -2.19. The second kappa shape index (κ2) is 4.54. The Bertz CT molecular complexity index is 1370. The molecule has 0 atom stereocenters. The third-order valence-electron chi connectivity index (χ3n) is 4.86. The number of hydrogen-bond donors (Lipinski definition) is 0. The predicted octanol–water partition coefficient (Wildman–Crippen LogP) is 2.93. The van der Waals surface area contributed by atoms with Gasteiger partial charge in [-0.2, -0.15) is 0 Å². The van der Waals surface area contributed by atoms with Crippen LogP contribution in [0.4, 0.5) is 11.4 Å². The summed E-state index contributed by atoms with van der Waals surface area (Å²) >= 11 is 0. The molecule has 0 amide bonds. The van der Waals surface area contributed by atoms with Crippen LogP contribution in [0.2, 0.25) is 0 Å². The largest absolute Gasteiger partial charge is 0.254 e. The lowest BCUT2D eigenvalue weighted by Gasteiger charge is -2.15. The van der Waals surface area contributed by atoms with Crippen molar-refractivity contribution in [1.29, 1.82) is 0 Å². The van der Waals surface area contributed by atoms with Crippen molar-refractivity contribution in [3.05, 3.63) is 70.6 Å². The minimum absolute atomic E-state index is 0.814. The van der Waals surface area contributed by atoms with Gasteiger partial charge in [0.25, 0.3) is 0 Å². The molecule has 0 saturated carbocycles. The van der Waals surface area contributed by atoms with Crippen LogP contribution in [-0.2, 0) is 6.42 Å². The van der Waals surface area contributed by atoms with E-state index in [1.54, 1.807) is 6.34 Å². The molecule has 0 radical (unpaired) electrons. The van der Waals surface area contributed by atoms with Crippen LogP contribution < -0.4 is 10.7 Å². The molecule has 116 valence electrons. The SMILES string of the molecule is C1=Nc2ccc3c4c(cnc3c2=N1)Cc1ccc2cccnc2c1N=4. The highest BCUT2D eigenvalue weighted by molar-refractivity contribution is 5.92. The smallest absolute Gasteiger partial charge is 0.117 e. The van der Waals surface area contributed by atoms with Crippen molar-refractivity contribution < 1.29 is 0 Å². The Morgan fingerprint density at radius 1 is 0.840 bits per heavy atom. The van der Waals surface area contributed by atoms with Gasteiger partial charge in [-0.25, -0.2) is 15.0 Å². The van der Waals surface area contributed by atoms with Crippen LogP contribution in [0.25, 0.3) is 21.8 Å². The lowest BCUT2D eigenvalue weighted by atomic mass is 9.97.